The Balaban J connectivity index is 2.04. The molecule has 0 aliphatic rings. The summed E-state index contributed by atoms with van der Waals surface area (Å²) in [6.07, 6.45) is 1.51. The van der Waals surface area contributed by atoms with Crippen molar-refractivity contribution in [3.63, 3.8) is 0 Å². The predicted molar refractivity (Wildman–Crippen MR) is 72.5 cm³/mol. The molecule has 0 spiro atoms. The summed E-state index contributed by atoms with van der Waals surface area (Å²) >= 11 is 1.52. The molecule has 0 saturated heterocycles. The maximum atomic E-state index is 11.7. The van der Waals surface area contributed by atoms with Crippen molar-refractivity contribution < 1.29 is 9.72 Å². The monoisotopic (exact) mass is 275 g/mol. The maximum Gasteiger partial charge on any atom is 0.271 e. The molecular formula is C12H9N3O3S. The number of carbonyl (C=O) groups excluding carboxylic acids is 1. The molecule has 2 aromatic rings. The van der Waals surface area contributed by atoms with Gasteiger partial charge in [0.15, 0.2) is 0 Å². The number of hydrogen-bond acceptors (Lipinski definition) is 5. The van der Waals surface area contributed by atoms with E-state index in [4.69, 9.17) is 0 Å². The molecule has 96 valence electrons. The van der Waals surface area contributed by atoms with Gasteiger partial charge in [-0.05, 0) is 22.9 Å². The molecule has 0 atom stereocenters. The van der Waals surface area contributed by atoms with E-state index in [1.54, 1.807) is 0 Å². The average Bonchev–Trinajstić information content (AvgIpc) is 2.92. The Bertz CT molecular complexity index is 623. The molecule has 0 aliphatic heterocycles. The molecule has 7 heteroatoms. The first kappa shape index (κ1) is 12.9. The molecule has 1 amide bonds. The molecule has 0 unspecified atom stereocenters. The summed E-state index contributed by atoms with van der Waals surface area (Å²) in [5, 5.41) is 18.1. The van der Waals surface area contributed by atoms with Crippen molar-refractivity contribution in [2.24, 2.45) is 5.10 Å². The van der Waals surface area contributed by atoms with Crippen LogP contribution in [0.4, 0.5) is 5.69 Å². The number of thiophene rings is 1. The van der Waals surface area contributed by atoms with E-state index in [9.17, 15) is 14.9 Å². The van der Waals surface area contributed by atoms with Gasteiger partial charge in [-0.15, -0.1) is 0 Å². The number of nitrogens with zero attached hydrogens (tertiary/aromatic N) is 2. The summed E-state index contributed by atoms with van der Waals surface area (Å²) in [5.41, 5.74) is 3.26. The van der Waals surface area contributed by atoms with Crippen LogP contribution < -0.4 is 5.43 Å². The third-order valence-electron chi connectivity index (χ3n) is 2.24. The average molecular weight is 275 g/mol. The van der Waals surface area contributed by atoms with Crippen LogP contribution in [0.15, 0.2) is 46.2 Å². The Morgan fingerprint density at radius 2 is 2.26 bits per heavy atom. The molecule has 1 heterocycles. The molecule has 1 aromatic carbocycles. The second kappa shape index (κ2) is 5.87. The van der Waals surface area contributed by atoms with Gasteiger partial charge in [-0.25, -0.2) is 5.43 Å². The van der Waals surface area contributed by atoms with Crippen LogP contribution in [0.3, 0.4) is 0 Å². The van der Waals surface area contributed by atoms with Gasteiger partial charge in [-0.1, -0.05) is 6.07 Å². The van der Waals surface area contributed by atoms with Crippen LogP contribution >= 0.6 is 11.3 Å². The van der Waals surface area contributed by atoms with Gasteiger partial charge in [0.25, 0.3) is 11.6 Å². The van der Waals surface area contributed by atoms with E-state index in [1.807, 2.05) is 16.8 Å². The first-order valence-electron chi connectivity index (χ1n) is 5.27. The molecule has 0 bridgehead atoms. The van der Waals surface area contributed by atoms with Gasteiger partial charge in [0.2, 0.25) is 0 Å². The van der Waals surface area contributed by atoms with Gasteiger partial charge in [0.1, 0.15) is 0 Å². The van der Waals surface area contributed by atoms with Crippen molar-refractivity contribution in [2.75, 3.05) is 0 Å². The summed E-state index contributed by atoms with van der Waals surface area (Å²) in [7, 11) is 0. The van der Waals surface area contributed by atoms with Crippen molar-refractivity contribution in [1.82, 2.24) is 5.43 Å². The number of nitrogens with one attached hydrogen (secondary N) is 1. The molecule has 0 radical (unpaired) electrons. The summed E-state index contributed by atoms with van der Waals surface area (Å²) in [6.45, 7) is 0. The van der Waals surface area contributed by atoms with Gasteiger partial charge in [-0.3, -0.25) is 14.9 Å². The smallest absolute Gasteiger partial charge is 0.267 e. The fraction of sp³-hybridized carbons (Fsp3) is 0. The first-order valence-corrected chi connectivity index (χ1v) is 6.21. The third kappa shape index (κ3) is 3.46. The van der Waals surface area contributed by atoms with Gasteiger partial charge < -0.3 is 0 Å². The van der Waals surface area contributed by atoms with Crippen LogP contribution in [0.2, 0.25) is 0 Å². The number of amides is 1. The van der Waals surface area contributed by atoms with Gasteiger partial charge in [0, 0.05) is 23.3 Å². The molecule has 2 rings (SSSR count). The lowest BCUT2D eigenvalue weighted by atomic mass is 10.2. The number of nitro benzene ring substituents is 1. The van der Waals surface area contributed by atoms with Crippen LogP contribution in [-0.2, 0) is 0 Å². The zero-order valence-electron chi connectivity index (χ0n) is 9.65. The summed E-state index contributed by atoms with van der Waals surface area (Å²) in [5.74, 6) is -0.491. The number of hydrogen-bond donors (Lipinski definition) is 1. The van der Waals surface area contributed by atoms with Crippen molar-refractivity contribution in [3.8, 4) is 0 Å². The topological polar surface area (TPSA) is 84.6 Å². The Kier molecular flexibility index (Phi) is 3.99. The third-order valence-corrected chi connectivity index (χ3v) is 2.94. The van der Waals surface area contributed by atoms with E-state index in [2.05, 4.69) is 10.5 Å². The number of nitro groups is 1. The summed E-state index contributed by atoms with van der Waals surface area (Å²) in [4.78, 5) is 21.7. The molecule has 6 nitrogen and oxygen atoms in total. The highest BCUT2D eigenvalue weighted by molar-refractivity contribution is 7.08. The number of hydrazone groups is 1. The summed E-state index contributed by atoms with van der Waals surface area (Å²) < 4.78 is 0. The highest BCUT2D eigenvalue weighted by Gasteiger charge is 2.10. The maximum absolute atomic E-state index is 11.7. The molecule has 0 aliphatic carbocycles. The van der Waals surface area contributed by atoms with Crippen LogP contribution in [0, 0.1) is 10.1 Å². The minimum Gasteiger partial charge on any atom is -0.267 e. The predicted octanol–water partition coefficient (Wildman–Crippen LogP) is 2.42. The Morgan fingerprint density at radius 3 is 2.95 bits per heavy atom. The molecule has 1 N–H and O–H groups in total. The fourth-order valence-corrected chi connectivity index (χ4v) is 1.95. The van der Waals surface area contributed by atoms with Crippen LogP contribution in [0.5, 0.6) is 0 Å². The lowest BCUT2D eigenvalue weighted by Crippen LogP contribution is -2.17. The number of benzene rings is 1. The largest absolute Gasteiger partial charge is 0.271 e. The van der Waals surface area contributed by atoms with Gasteiger partial charge in [0.05, 0.1) is 11.1 Å². The normalized spacial score (nSPS) is 10.5. The van der Waals surface area contributed by atoms with E-state index in [0.29, 0.717) is 0 Å². The molecule has 1 aromatic heterocycles. The van der Waals surface area contributed by atoms with Crippen molar-refractivity contribution in [2.45, 2.75) is 0 Å². The molecule has 0 saturated carbocycles. The number of non-ortho nitro benzene ring substituents is 1. The quantitative estimate of drug-likeness (QED) is 0.528. The highest BCUT2D eigenvalue weighted by Crippen LogP contribution is 2.12. The Hall–Kier alpha value is -2.54. The van der Waals surface area contributed by atoms with E-state index in [-0.39, 0.29) is 11.3 Å². The summed E-state index contributed by atoms with van der Waals surface area (Å²) in [6, 6.07) is 7.33. The lowest BCUT2D eigenvalue weighted by molar-refractivity contribution is -0.384. The van der Waals surface area contributed by atoms with Gasteiger partial charge >= 0.3 is 0 Å². The Morgan fingerprint density at radius 1 is 1.42 bits per heavy atom. The van der Waals surface area contributed by atoms with Crippen molar-refractivity contribution in [1.29, 1.82) is 0 Å². The zero-order chi connectivity index (χ0) is 13.7. The highest BCUT2D eigenvalue weighted by atomic mass is 32.1. The second-order valence-electron chi connectivity index (χ2n) is 3.56. The molecule has 19 heavy (non-hydrogen) atoms. The first-order chi connectivity index (χ1) is 9.16. The van der Waals surface area contributed by atoms with E-state index >= 15 is 0 Å². The zero-order valence-corrected chi connectivity index (χ0v) is 10.5. The van der Waals surface area contributed by atoms with Crippen molar-refractivity contribution in [3.05, 3.63) is 62.3 Å². The van der Waals surface area contributed by atoms with E-state index < -0.39 is 10.8 Å². The van der Waals surface area contributed by atoms with Crippen LogP contribution in [-0.4, -0.2) is 17.0 Å². The van der Waals surface area contributed by atoms with E-state index in [1.165, 1.54) is 41.8 Å². The second-order valence-corrected chi connectivity index (χ2v) is 4.34. The molecule has 0 fully saturated rings. The number of rotatable bonds is 4. The number of carbonyl (C=O) groups is 1. The van der Waals surface area contributed by atoms with E-state index in [0.717, 1.165) is 5.56 Å². The molecular weight excluding hydrogens is 266 g/mol. The van der Waals surface area contributed by atoms with Crippen LogP contribution in [0.25, 0.3) is 0 Å². The lowest BCUT2D eigenvalue weighted by Gasteiger charge is -1.99. The standard InChI is InChI=1S/C12H9N3O3S/c16-12(14-13-7-9-4-5-19-8-9)10-2-1-3-11(6-10)15(17)18/h1-8H,(H,14,16)/b13-7+. The minimum absolute atomic E-state index is 0.130. The minimum atomic E-state index is -0.550. The van der Waals surface area contributed by atoms with Crippen LogP contribution in [0.1, 0.15) is 15.9 Å². The fourth-order valence-electron chi connectivity index (χ4n) is 1.34. The Labute approximate surface area is 112 Å². The SMILES string of the molecule is O=C(N/N=C/c1ccsc1)c1cccc([N+](=O)[O-])c1. The van der Waals surface area contributed by atoms with Crippen molar-refractivity contribution >= 4 is 29.1 Å². The van der Waals surface area contributed by atoms with Gasteiger partial charge in [-0.2, -0.15) is 16.4 Å².